The van der Waals surface area contributed by atoms with E-state index >= 15 is 0 Å². The SMILES string of the molecule is C[C@@H]1CN(C(=O)[C@H]2CCC[C@H](N)C2)c2ccc(F)cc2O1. The first-order valence-corrected chi connectivity index (χ1v) is 7.58. The molecule has 1 saturated carbocycles. The monoisotopic (exact) mass is 292 g/mol. The van der Waals surface area contributed by atoms with Crippen LogP contribution in [-0.4, -0.2) is 24.6 Å². The number of ether oxygens (including phenoxy) is 1. The summed E-state index contributed by atoms with van der Waals surface area (Å²) < 4.78 is 19.0. The highest BCUT2D eigenvalue weighted by molar-refractivity contribution is 5.97. The first-order valence-electron chi connectivity index (χ1n) is 7.58. The second-order valence-electron chi connectivity index (χ2n) is 6.11. The Kier molecular flexibility index (Phi) is 3.85. The van der Waals surface area contributed by atoms with E-state index < -0.39 is 0 Å². The minimum absolute atomic E-state index is 0.0306. The highest BCUT2D eigenvalue weighted by Crippen LogP contribution is 2.36. The van der Waals surface area contributed by atoms with Gasteiger partial charge in [0.15, 0.2) is 0 Å². The Hall–Kier alpha value is -1.62. The van der Waals surface area contributed by atoms with Crippen molar-refractivity contribution in [2.24, 2.45) is 11.7 Å². The Morgan fingerprint density at radius 1 is 1.43 bits per heavy atom. The Morgan fingerprint density at radius 2 is 2.24 bits per heavy atom. The van der Waals surface area contributed by atoms with Crippen molar-refractivity contribution in [3.05, 3.63) is 24.0 Å². The number of amides is 1. The van der Waals surface area contributed by atoms with Crippen LogP contribution >= 0.6 is 0 Å². The zero-order chi connectivity index (χ0) is 15.0. The van der Waals surface area contributed by atoms with Crippen molar-refractivity contribution in [2.45, 2.75) is 44.8 Å². The normalized spacial score (nSPS) is 28.7. The summed E-state index contributed by atoms with van der Waals surface area (Å²) in [6.45, 7) is 2.39. The molecule has 4 nitrogen and oxygen atoms in total. The fourth-order valence-electron chi connectivity index (χ4n) is 3.30. The fourth-order valence-corrected chi connectivity index (χ4v) is 3.30. The van der Waals surface area contributed by atoms with Crippen molar-refractivity contribution in [1.82, 2.24) is 0 Å². The highest BCUT2D eigenvalue weighted by atomic mass is 19.1. The maximum absolute atomic E-state index is 13.4. The standard InChI is InChI=1S/C16H21FN2O2/c1-10-9-19(14-6-5-12(17)8-15(14)21-10)16(20)11-3-2-4-13(18)7-11/h5-6,8,10-11,13H,2-4,7,9,18H2,1H3/t10-,11+,13+/m1/s1. The van der Waals surface area contributed by atoms with Gasteiger partial charge in [-0.25, -0.2) is 4.39 Å². The number of halogens is 1. The minimum atomic E-state index is -0.352. The smallest absolute Gasteiger partial charge is 0.230 e. The first-order chi connectivity index (χ1) is 10.0. The lowest BCUT2D eigenvalue weighted by atomic mass is 9.85. The lowest BCUT2D eigenvalue weighted by Gasteiger charge is -2.37. The topological polar surface area (TPSA) is 55.6 Å². The first kappa shape index (κ1) is 14.3. The molecule has 0 aromatic heterocycles. The molecule has 1 aromatic rings. The van der Waals surface area contributed by atoms with E-state index in [0.29, 0.717) is 18.0 Å². The van der Waals surface area contributed by atoms with E-state index in [4.69, 9.17) is 10.5 Å². The summed E-state index contributed by atoms with van der Waals surface area (Å²) in [5, 5.41) is 0. The molecule has 1 aliphatic heterocycles. The summed E-state index contributed by atoms with van der Waals surface area (Å²) in [6.07, 6.45) is 3.47. The van der Waals surface area contributed by atoms with Gasteiger partial charge in [0, 0.05) is 18.0 Å². The molecule has 3 atom stereocenters. The van der Waals surface area contributed by atoms with Crippen LogP contribution in [-0.2, 0) is 4.79 Å². The lowest BCUT2D eigenvalue weighted by molar-refractivity contribution is -0.124. The molecular weight excluding hydrogens is 271 g/mol. The van der Waals surface area contributed by atoms with Crippen molar-refractivity contribution in [3.8, 4) is 5.75 Å². The quantitative estimate of drug-likeness (QED) is 0.865. The number of fused-ring (bicyclic) bond motifs is 1. The maximum Gasteiger partial charge on any atom is 0.230 e. The molecule has 0 bridgehead atoms. The molecule has 5 heteroatoms. The minimum Gasteiger partial charge on any atom is -0.487 e. The summed E-state index contributed by atoms with van der Waals surface area (Å²) in [4.78, 5) is 14.6. The van der Waals surface area contributed by atoms with Crippen LogP contribution in [0.3, 0.4) is 0 Å². The van der Waals surface area contributed by atoms with Gasteiger partial charge in [0.1, 0.15) is 17.7 Å². The third-order valence-corrected chi connectivity index (χ3v) is 4.31. The van der Waals surface area contributed by atoms with Gasteiger partial charge in [-0.1, -0.05) is 6.42 Å². The van der Waals surface area contributed by atoms with Crippen molar-refractivity contribution >= 4 is 11.6 Å². The van der Waals surface area contributed by atoms with Gasteiger partial charge in [-0.05, 0) is 38.3 Å². The number of carbonyl (C=O) groups is 1. The van der Waals surface area contributed by atoms with Crippen molar-refractivity contribution in [2.75, 3.05) is 11.4 Å². The summed E-state index contributed by atoms with van der Waals surface area (Å²) in [5.41, 5.74) is 6.65. The van der Waals surface area contributed by atoms with E-state index in [-0.39, 0.29) is 29.8 Å². The summed E-state index contributed by atoms with van der Waals surface area (Å²) in [5.74, 6) is 0.155. The van der Waals surface area contributed by atoms with E-state index in [9.17, 15) is 9.18 Å². The molecule has 0 spiro atoms. The Labute approximate surface area is 124 Å². The largest absolute Gasteiger partial charge is 0.487 e. The van der Waals surface area contributed by atoms with Gasteiger partial charge < -0.3 is 15.4 Å². The number of rotatable bonds is 1. The number of nitrogens with zero attached hydrogens (tertiary/aromatic N) is 1. The molecule has 21 heavy (non-hydrogen) atoms. The Balaban J connectivity index is 1.86. The second kappa shape index (κ2) is 5.64. The van der Waals surface area contributed by atoms with E-state index in [1.165, 1.54) is 12.1 Å². The molecule has 3 rings (SSSR count). The predicted molar refractivity (Wildman–Crippen MR) is 78.8 cm³/mol. The van der Waals surface area contributed by atoms with Crippen molar-refractivity contribution < 1.29 is 13.9 Å². The van der Waals surface area contributed by atoms with Crippen LogP contribution in [0, 0.1) is 11.7 Å². The molecule has 1 amide bonds. The summed E-state index contributed by atoms with van der Waals surface area (Å²) in [7, 11) is 0. The van der Waals surface area contributed by atoms with Crippen molar-refractivity contribution in [3.63, 3.8) is 0 Å². The summed E-state index contributed by atoms with van der Waals surface area (Å²) in [6, 6.07) is 4.44. The molecular formula is C16H21FN2O2. The second-order valence-corrected chi connectivity index (χ2v) is 6.11. The summed E-state index contributed by atoms with van der Waals surface area (Å²) >= 11 is 0. The molecule has 0 unspecified atom stereocenters. The Morgan fingerprint density at radius 3 is 3.00 bits per heavy atom. The third kappa shape index (κ3) is 2.88. The Bertz CT molecular complexity index is 549. The molecule has 0 saturated heterocycles. The maximum atomic E-state index is 13.4. The number of nitrogens with two attached hydrogens (primary N) is 1. The average Bonchev–Trinajstić information content (AvgIpc) is 2.45. The fraction of sp³-hybridized carbons (Fsp3) is 0.562. The molecule has 0 radical (unpaired) electrons. The van der Waals surface area contributed by atoms with Gasteiger partial charge in [-0.15, -0.1) is 0 Å². The molecule has 2 aliphatic rings. The van der Waals surface area contributed by atoms with Crippen LogP contribution in [0.25, 0.3) is 0 Å². The van der Waals surface area contributed by atoms with Gasteiger partial charge in [0.05, 0.1) is 12.2 Å². The van der Waals surface area contributed by atoms with Crippen LogP contribution in [0.5, 0.6) is 5.75 Å². The zero-order valence-corrected chi connectivity index (χ0v) is 12.2. The lowest BCUT2D eigenvalue weighted by Crippen LogP contribution is -2.46. The third-order valence-electron chi connectivity index (χ3n) is 4.31. The molecule has 1 heterocycles. The molecule has 1 fully saturated rings. The average molecular weight is 292 g/mol. The number of carbonyl (C=O) groups excluding carboxylic acids is 1. The molecule has 1 aliphatic carbocycles. The zero-order valence-electron chi connectivity index (χ0n) is 12.2. The van der Waals surface area contributed by atoms with E-state index in [0.717, 1.165) is 25.7 Å². The van der Waals surface area contributed by atoms with Crippen LogP contribution in [0.4, 0.5) is 10.1 Å². The van der Waals surface area contributed by atoms with E-state index in [1.54, 1.807) is 11.0 Å². The van der Waals surface area contributed by atoms with Gasteiger partial charge in [0.2, 0.25) is 5.91 Å². The highest BCUT2D eigenvalue weighted by Gasteiger charge is 2.34. The van der Waals surface area contributed by atoms with Gasteiger partial charge in [-0.2, -0.15) is 0 Å². The van der Waals surface area contributed by atoms with Gasteiger partial charge >= 0.3 is 0 Å². The molecule has 1 aromatic carbocycles. The predicted octanol–water partition coefficient (Wildman–Crippen LogP) is 2.46. The van der Waals surface area contributed by atoms with Crippen LogP contribution in [0.2, 0.25) is 0 Å². The number of benzene rings is 1. The van der Waals surface area contributed by atoms with Crippen molar-refractivity contribution in [1.29, 1.82) is 0 Å². The van der Waals surface area contributed by atoms with Gasteiger partial charge in [-0.3, -0.25) is 4.79 Å². The molecule has 114 valence electrons. The van der Waals surface area contributed by atoms with E-state index in [2.05, 4.69) is 0 Å². The van der Waals surface area contributed by atoms with E-state index in [1.807, 2.05) is 6.92 Å². The van der Waals surface area contributed by atoms with Crippen LogP contribution < -0.4 is 15.4 Å². The van der Waals surface area contributed by atoms with Crippen LogP contribution in [0.15, 0.2) is 18.2 Å². The number of anilines is 1. The van der Waals surface area contributed by atoms with Gasteiger partial charge in [0.25, 0.3) is 0 Å². The molecule has 2 N–H and O–H groups in total. The number of hydrogen-bond donors (Lipinski definition) is 1. The number of hydrogen-bond acceptors (Lipinski definition) is 3. The van der Waals surface area contributed by atoms with Crippen LogP contribution in [0.1, 0.15) is 32.6 Å².